The summed E-state index contributed by atoms with van der Waals surface area (Å²) >= 11 is 0. The predicted octanol–water partition coefficient (Wildman–Crippen LogP) is 0.917. The lowest BCUT2D eigenvalue weighted by Gasteiger charge is -2.08. The Hall–Kier alpha value is -0.550. The molecule has 0 aromatic heterocycles. The van der Waals surface area contributed by atoms with Gasteiger partial charge in [0, 0.05) is 6.42 Å². The maximum atomic E-state index is 8.80. The van der Waals surface area contributed by atoms with Crippen molar-refractivity contribution in [3.05, 3.63) is 0 Å². The van der Waals surface area contributed by atoms with E-state index in [1.165, 1.54) is 0 Å². The molecule has 46 valence electrons. The summed E-state index contributed by atoms with van der Waals surface area (Å²) in [4.78, 5) is 0. The Morgan fingerprint density at radius 2 is 2.12 bits per heavy atom. The normalized spacial score (nSPS) is 16.8. The molecule has 2 nitrogen and oxygen atoms in total. The van der Waals surface area contributed by atoms with Crippen molar-refractivity contribution in [3.8, 4) is 6.07 Å². The molecule has 0 aliphatic rings. The molecule has 8 heavy (non-hydrogen) atoms. The largest absolute Gasteiger partial charge is 0.393 e. The van der Waals surface area contributed by atoms with Crippen LogP contribution in [0.4, 0.5) is 0 Å². The number of hydrogen-bond donors (Lipinski definition) is 1. The molecule has 0 bridgehead atoms. The van der Waals surface area contributed by atoms with Crippen molar-refractivity contribution in [2.24, 2.45) is 5.92 Å². The van der Waals surface area contributed by atoms with E-state index in [0.717, 1.165) is 0 Å². The topological polar surface area (TPSA) is 44.0 Å². The summed E-state index contributed by atoms with van der Waals surface area (Å²) in [6, 6.07) is 1.99. The van der Waals surface area contributed by atoms with E-state index in [2.05, 4.69) is 0 Å². The Kier molecular flexibility index (Phi) is 3.21. The number of nitrogens with zero attached hydrogens (tertiary/aromatic N) is 1. The third kappa shape index (κ3) is 2.59. The van der Waals surface area contributed by atoms with Crippen molar-refractivity contribution >= 4 is 0 Å². The predicted molar refractivity (Wildman–Crippen MR) is 31.1 cm³/mol. The van der Waals surface area contributed by atoms with Gasteiger partial charge in [-0.15, -0.1) is 0 Å². The lowest BCUT2D eigenvalue weighted by molar-refractivity contribution is 0.137. The summed E-state index contributed by atoms with van der Waals surface area (Å²) < 4.78 is 0. The zero-order valence-electron chi connectivity index (χ0n) is 5.26. The summed E-state index contributed by atoms with van der Waals surface area (Å²) in [7, 11) is 0. The maximum Gasteiger partial charge on any atom is 0.0625 e. The van der Waals surface area contributed by atoms with Gasteiger partial charge in [-0.3, -0.25) is 0 Å². The van der Waals surface area contributed by atoms with Gasteiger partial charge in [-0.25, -0.2) is 0 Å². The van der Waals surface area contributed by atoms with Crippen LogP contribution in [0.25, 0.3) is 0 Å². The third-order valence-electron chi connectivity index (χ3n) is 1.24. The van der Waals surface area contributed by atoms with E-state index in [0.29, 0.717) is 6.42 Å². The van der Waals surface area contributed by atoms with Crippen molar-refractivity contribution < 1.29 is 5.11 Å². The Bertz CT molecular complexity index is 93.2. The van der Waals surface area contributed by atoms with Gasteiger partial charge >= 0.3 is 0 Å². The molecule has 0 fully saturated rings. The standard InChI is InChI=1S/C6H11NO/c1-5(3-4-7)6(2)8/h5-6,8H,3H2,1-2H3/t5-,6+/m1/s1. The second-order valence-corrected chi connectivity index (χ2v) is 2.08. The summed E-state index contributed by atoms with van der Waals surface area (Å²) in [6.07, 6.45) is 0.0900. The van der Waals surface area contributed by atoms with Gasteiger partial charge in [-0.2, -0.15) is 5.26 Å². The van der Waals surface area contributed by atoms with E-state index < -0.39 is 0 Å². The zero-order chi connectivity index (χ0) is 6.57. The molecule has 1 N–H and O–H groups in total. The molecule has 0 radical (unpaired) electrons. The van der Waals surface area contributed by atoms with Crippen molar-refractivity contribution in [1.82, 2.24) is 0 Å². The van der Waals surface area contributed by atoms with Gasteiger partial charge in [0.25, 0.3) is 0 Å². The van der Waals surface area contributed by atoms with Crippen molar-refractivity contribution in [2.45, 2.75) is 26.4 Å². The Morgan fingerprint density at radius 1 is 1.62 bits per heavy atom. The van der Waals surface area contributed by atoms with Crippen LogP contribution in [0.2, 0.25) is 0 Å². The molecular weight excluding hydrogens is 102 g/mol. The fraction of sp³-hybridized carbons (Fsp3) is 0.833. The number of nitriles is 1. The molecule has 0 saturated heterocycles. The molecule has 0 aliphatic carbocycles. The Balaban J connectivity index is 3.35. The van der Waals surface area contributed by atoms with Crippen LogP contribution in [0.5, 0.6) is 0 Å². The highest BCUT2D eigenvalue weighted by Crippen LogP contribution is 2.04. The molecule has 0 saturated carbocycles. The second-order valence-electron chi connectivity index (χ2n) is 2.08. The third-order valence-corrected chi connectivity index (χ3v) is 1.24. The molecule has 0 aliphatic heterocycles. The highest BCUT2D eigenvalue weighted by molar-refractivity contribution is 4.75. The van der Waals surface area contributed by atoms with Gasteiger partial charge in [-0.1, -0.05) is 6.92 Å². The van der Waals surface area contributed by atoms with E-state index in [4.69, 9.17) is 10.4 Å². The van der Waals surface area contributed by atoms with E-state index in [1.54, 1.807) is 6.92 Å². The first-order valence-corrected chi connectivity index (χ1v) is 2.73. The monoisotopic (exact) mass is 113 g/mol. The van der Waals surface area contributed by atoms with Gasteiger partial charge in [0.05, 0.1) is 12.2 Å². The van der Waals surface area contributed by atoms with Crippen molar-refractivity contribution in [2.75, 3.05) is 0 Å². The Labute approximate surface area is 49.8 Å². The highest BCUT2D eigenvalue weighted by Gasteiger charge is 2.05. The molecule has 0 unspecified atom stereocenters. The number of rotatable bonds is 2. The van der Waals surface area contributed by atoms with Crippen LogP contribution < -0.4 is 0 Å². The molecule has 0 spiro atoms. The van der Waals surface area contributed by atoms with E-state index in [-0.39, 0.29) is 12.0 Å². The smallest absolute Gasteiger partial charge is 0.0625 e. The Morgan fingerprint density at radius 3 is 2.25 bits per heavy atom. The summed E-state index contributed by atoms with van der Waals surface area (Å²) in [5.74, 6) is 0.111. The minimum atomic E-state index is -0.352. The first-order valence-electron chi connectivity index (χ1n) is 2.73. The lowest BCUT2D eigenvalue weighted by atomic mass is 10.0. The molecule has 2 atom stereocenters. The van der Waals surface area contributed by atoms with Gasteiger partial charge in [-0.05, 0) is 12.8 Å². The van der Waals surface area contributed by atoms with E-state index in [1.807, 2.05) is 13.0 Å². The molecule has 2 heteroatoms. The zero-order valence-corrected chi connectivity index (χ0v) is 5.26. The SMILES string of the molecule is C[C@H](O)[C@H](C)CC#N. The number of aliphatic hydroxyl groups excluding tert-OH is 1. The molecule has 0 heterocycles. The minimum Gasteiger partial charge on any atom is -0.393 e. The molecule has 0 aromatic carbocycles. The molecular formula is C6H11NO. The summed E-state index contributed by atoms with van der Waals surface area (Å²) in [6.45, 7) is 3.55. The highest BCUT2D eigenvalue weighted by atomic mass is 16.3. The lowest BCUT2D eigenvalue weighted by Crippen LogP contribution is -2.11. The number of hydrogen-bond acceptors (Lipinski definition) is 2. The van der Waals surface area contributed by atoms with E-state index in [9.17, 15) is 0 Å². The quantitative estimate of drug-likeness (QED) is 0.578. The second kappa shape index (κ2) is 3.45. The van der Waals surface area contributed by atoms with Crippen molar-refractivity contribution in [1.29, 1.82) is 5.26 Å². The summed E-state index contributed by atoms with van der Waals surface area (Å²) in [5.41, 5.74) is 0. The van der Waals surface area contributed by atoms with Gasteiger partial charge in [0.1, 0.15) is 0 Å². The van der Waals surface area contributed by atoms with Crippen LogP contribution in [0.1, 0.15) is 20.3 Å². The van der Waals surface area contributed by atoms with Gasteiger partial charge in [0.15, 0.2) is 0 Å². The minimum absolute atomic E-state index is 0.111. The van der Waals surface area contributed by atoms with Crippen LogP contribution in [0, 0.1) is 17.2 Å². The number of aliphatic hydroxyl groups is 1. The van der Waals surface area contributed by atoms with Crippen LogP contribution in [-0.2, 0) is 0 Å². The van der Waals surface area contributed by atoms with Crippen LogP contribution in [0.15, 0.2) is 0 Å². The average molecular weight is 113 g/mol. The van der Waals surface area contributed by atoms with Crippen molar-refractivity contribution in [3.63, 3.8) is 0 Å². The fourth-order valence-electron chi connectivity index (χ4n) is 0.315. The average Bonchev–Trinajstić information content (AvgIpc) is 1.67. The van der Waals surface area contributed by atoms with Crippen LogP contribution in [-0.4, -0.2) is 11.2 Å². The molecule has 0 rings (SSSR count). The van der Waals surface area contributed by atoms with Gasteiger partial charge in [0.2, 0.25) is 0 Å². The van der Waals surface area contributed by atoms with Crippen LogP contribution >= 0.6 is 0 Å². The first-order chi connectivity index (χ1) is 3.68. The first kappa shape index (κ1) is 7.45. The van der Waals surface area contributed by atoms with Gasteiger partial charge < -0.3 is 5.11 Å². The molecule has 0 amide bonds. The van der Waals surface area contributed by atoms with E-state index >= 15 is 0 Å². The molecule has 0 aromatic rings. The van der Waals surface area contributed by atoms with Crippen LogP contribution in [0.3, 0.4) is 0 Å². The maximum absolute atomic E-state index is 8.80. The fourth-order valence-corrected chi connectivity index (χ4v) is 0.315. The summed E-state index contributed by atoms with van der Waals surface area (Å²) in [5, 5.41) is 16.9.